The second-order valence-corrected chi connectivity index (χ2v) is 6.68. The average molecular weight is 243 g/mol. The molecule has 2 aliphatic carbocycles. The van der Waals surface area contributed by atoms with Gasteiger partial charge >= 0.3 is 0 Å². The third-order valence-corrected chi connectivity index (χ3v) is 5.22. The lowest BCUT2D eigenvalue weighted by molar-refractivity contribution is -0.123. The molecule has 0 aromatic carbocycles. The summed E-state index contributed by atoms with van der Waals surface area (Å²) in [5.41, 5.74) is 0. The fourth-order valence-corrected chi connectivity index (χ4v) is 3.52. The van der Waals surface area contributed by atoms with E-state index in [-0.39, 0.29) is 17.1 Å². The molecule has 16 heavy (non-hydrogen) atoms. The van der Waals surface area contributed by atoms with Crippen LogP contribution in [0.2, 0.25) is 0 Å². The molecular weight excluding hydrogens is 226 g/mol. The first-order valence-electron chi connectivity index (χ1n) is 5.71. The van der Waals surface area contributed by atoms with Gasteiger partial charge < -0.3 is 0 Å². The van der Waals surface area contributed by atoms with E-state index in [2.05, 4.69) is 11.3 Å². The van der Waals surface area contributed by atoms with Gasteiger partial charge in [0.25, 0.3) is 0 Å². The Kier molecular flexibility index (Phi) is 3.06. The summed E-state index contributed by atoms with van der Waals surface area (Å²) < 4.78 is 25.3. The zero-order chi connectivity index (χ0) is 11.8. The average Bonchev–Trinajstić information content (AvgIpc) is 2.97. The zero-order valence-corrected chi connectivity index (χ0v) is 10.0. The number of nitrogens with one attached hydrogen (secondary N) is 1. The van der Waals surface area contributed by atoms with Crippen molar-refractivity contribution in [2.75, 3.05) is 0 Å². The summed E-state index contributed by atoms with van der Waals surface area (Å²) in [6.07, 6.45) is 5.65. The van der Waals surface area contributed by atoms with Gasteiger partial charge in [-0.15, -0.1) is 6.58 Å². The van der Waals surface area contributed by atoms with Crippen LogP contribution in [0, 0.1) is 11.8 Å². The second-order valence-electron chi connectivity index (χ2n) is 4.72. The van der Waals surface area contributed by atoms with Gasteiger partial charge in [0.15, 0.2) is 0 Å². The van der Waals surface area contributed by atoms with Crippen molar-refractivity contribution in [3.05, 3.63) is 12.7 Å². The van der Waals surface area contributed by atoms with Crippen molar-refractivity contribution in [1.29, 1.82) is 0 Å². The molecule has 0 aromatic heterocycles. The highest BCUT2D eigenvalue weighted by Crippen LogP contribution is 2.32. The SMILES string of the molecule is C=CC1CC[C@@H](C(=O)NS(=O)(=O)C2CC2)C1. The molecule has 1 N–H and O–H groups in total. The van der Waals surface area contributed by atoms with Crippen LogP contribution in [0.5, 0.6) is 0 Å². The first-order valence-corrected chi connectivity index (χ1v) is 7.25. The van der Waals surface area contributed by atoms with E-state index in [0.29, 0.717) is 18.8 Å². The molecule has 0 aliphatic heterocycles. The van der Waals surface area contributed by atoms with Gasteiger partial charge in [0.1, 0.15) is 0 Å². The zero-order valence-electron chi connectivity index (χ0n) is 9.19. The molecule has 4 nitrogen and oxygen atoms in total. The van der Waals surface area contributed by atoms with Crippen molar-refractivity contribution >= 4 is 15.9 Å². The van der Waals surface area contributed by atoms with E-state index in [1.165, 1.54) is 0 Å². The summed E-state index contributed by atoms with van der Waals surface area (Å²) in [6, 6.07) is 0. The Hall–Kier alpha value is -0.840. The van der Waals surface area contributed by atoms with E-state index in [0.717, 1.165) is 19.3 Å². The standard InChI is InChI=1S/C11H17NO3S/c1-2-8-3-4-9(7-8)11(13)12-16(14,15)10-5-6-10/h2,8-10H,1,3-7H2,(H,12,13)/t8?,9-/m1/s1. The largest absolute Gasteiger partial charge is 0.274 e. The fourth-order valence-electron chi connectivity index (χ4n) is 2.15. The Labute approximate surface area is 96.2 Å². The quantitative estimate of drug-likeness (QED) is 0.755. The number of carbonyl (C=O) groups excluding carboxylic acids is 1. The molecule has 2 atom stereocenters. The summed E-state index contributed by atoms with van der Waals surface area (Å²) in [5, 5.41) is -0.326. The Morgan fingerprint density at radius 1 is 1.25 bits per heavy atom. The van der Waals surface area contributed by atoms with Crippen LogP contribution in [-0.4, -0.2) is 19.6 Å². The molecule has 0 spiro atoms. The second kappa shape index (κ2) is 4.20. The van der Waals surface area contributed by atoms with Crippen molar-refractivity contribution in [2.45, 2.75) is 37.4 Å². The number of hydrogen-bond donors (Lipinski definition) is 1. The molecule has 1 amide bonds. The molecule has 2 aliphatic rings. The monoisotopic (exact) mass is 243 g/mol. The highest BCUT2D eigenvalue weighted by Gasteiger charge is 2.38. The molecule has 0 aromatic rings. The molecule has 0 radical (unpaired) electrons. The molecule has 0 bridgehead atoms. The smallest absolute Gasteiger partial charge is 0.237 e. The maximum Gasteiger partial charge on any atom is 0.237 e. The Balaban J connectivity index is 1.91. The van der Waals surface area contributed by atoms with Crippen molar-refractivity contribution in [2.24, 2.45) is 11.8 Å². The lowest BCUT2D eigenvalue weighted by Gasteiger charge is -2.10. The predicted octanol–water partition coefficient (Wildman–Crippen LogP) is 1.20. The number of amides is 1. The van der Waals surface area contributed by atoms with Gasteiger partial charge in [-0.25, -0.2) is 8.42 Å². The molecule has 2 rings (SSSR count). The van der Waals surface area contributed by atoms with E-state index >= 15 is 0 Å². The van der Waals surface area contributed by atoms with Crippen LogP contribution in [0.1, 0.15) is 32.1 Å². The molecule has 90 valence electrons. The van der Waals surface area contributed by atoms with Crippen molar-refractivity contribution in [3.63, 3.8) is 0 Å². The molecule has 1 unspecified atom stereocenters. The van der Waals surface area contributed by atoms with Gasteiger partial charge in [0, 0.05) is 5.92 Å². The predicted molar refractivity (Wildman–Crippen MR) is 61.1 cm³/mol. The Morgan fingerprint density at radius 3 is 2.44 bits per heavy atom. The van der Waals surface area contributed by atoms with Crippen LogP contribution in [0.3, 0.4) is 0 Å². The first kappa shape index (κ1) is 11.6. The number of sulfonamides is 1. The summed E-state index contributed by atoms with van der Waals surface area (Å²) in [7, 11) is -3.37. The normalized spacial score (nSPS) is 30.0. The first-order chi connectivity index (χ1) is 7.53. The van der Waals surface area contributed by atoms with Gasteiger partial charge in [-0.1, -0.05) is 6.08 Å². The van der Waals surface area contributed by atoms with Gasteiger partial charge in [0.2, 0.25) is 15.9 Å². The lowest BCUT2D eigenvalue weighted by atomic mass is 10.1. The third-order valence-electron chi connectivity index (χ3n) is 3.38. The third kappa shape index (κ3) is 2.45. The summed E-state index contributed by atoms with van der Waals surface area (Å²) >= 11 is 0. The number of hydrogen-bond acceptors (Lipinski definition) is 3. The maximum atomic E-state index is 11.7. The Bertz CT molecular complexity index is 397. The summed E-state index contributed by atoms with van der Waals surface area (Å²) in [5.74, 6) is -0.118. The molecule has 2 saturated carbocycles. The van der Waals surface area contributed by atoms with E-state index in [1.807, 2.05) is 6.08 Å². The van der Waals surface area contributed by atoms with Gasteiger partial charge in [-0.3, -0.25) is 9.52 Å². The number of rotatable bonds is 4. The van der Waals surface area contributed by atoms with Crippen molar-refractivity contribution < 1.29 is 13.2 Å². The minimum atomic E-state index is -3.37. The van der Waals surface area contributed by atoms with E-state index < -0.39 is 10.0 Å². The molecule has 0 saturated heterocycles. The summed E-state index contributed by atoms with van der Waals surface area (Å²) in [4.78, 5) is 11.7. The van der Waals surface area contributed by atoms with Gasteiger partial charge in [-0.2, -0.15) is 0 Å². The van der Waals surface area contributed by atoms with E-state index in [4.69, 9.17) is 0 Å². The van der Waals surface area contributed by atoms with Crippen molar-refractivity contribution in [1.82, 2.24) is 4.72 Å². The molecule has 0 heterocycles. The fraction of sp³-hybridized carbons (Fsp3) is 0.727. The lowest BCUT2D eigenvalue weighted by Crippen LogP contribution is -2.36. The Morgan fingerprint density at radius 2 is 1.94 bits per heavy atom. The molecular formula is C11H17NO3S. The highest BCUT2D eigenvalue weighted by atomic mass is 32.2. The highest BCUT2D eigenvalue weighted by molar-refractivity contribution is 7.90. The van der Waals surface area contributed by atoms with Crippen LogP contribution in [-0.2, 0) is 14.8 Å². The summed E-state index contributed by atoms with van der Waals surface area (Å²) in [6.45, 7) is 3.70. The van der Waals surface area contributed by atoms with E-state index in [1.54, 1.807) is 0 Å². The van der Waals surface area contributed by atoms with Crippen LogP contribution >= 0.6 is 0 Å². The van der Waals surface area contributed by atoms with Crippen LogP contribution in [0.4, 0.5) is 0 Å². The van der Waals surface area contributed by atoms with Crippen molar-refractivity contribution in [3.8, 4) is 0 Å². The van der Waals surface area contributed by atoms with Crippen LogP contribution in [0.25, 0.3) is 0 Å². The molecule has 5 heteroatoms. The number of allylic oxidation sites excluding steroid dienone is 1. The van der Waals surface area contributed by atoms with E-state index in [9.17, 15) is 13.2 Å². The minimum absolute atomic E-state index is 0.156. The van der Waals surface area contributed by atoms with Crippen LogP contribution < -0.4 is 4.72 Å². The topological polar surface area (TPSA) is 63.2 Å². The van der Waals surface area contributed by atoms with Gasteiger partial charge in [0.05, 0.1) is 5.25 Å². The maximum absolute atomic E-state index is 11.7. The van der Waals surface area contributed by atoms with Gasteiger partial charge in [-0.05, 0) is 38.0 Å². The number of carbonyl (C=O) groups is 1. The van der Waals surface area contributed by atoms with Crippen LogP contribution in [0.15, 0.2) is 12.7 Å². The minimum Gasteiger partial charge on any atom is -0.274 e. The molecule has 2 fully saturated rings.